The van der Waals surface area contributed by atoms with E-state index in [1.165, 1.54) is 31.4 Å². The molecule has 0 spiro atoms. The Balaban J connectivity index is 1.56. The molecule has 2 aliphatic rings. The van der Waals surface area contributed by atoms with E-state index in [1.54, 1.807) is 12.1 Å². The highest BCUT2D eigenvalue weighted by Crippen LogP contribution is 2.34. The molecule has 1 fully saturated rings. The highest BCUT2D eigenvalue weighted by Gasteiger charge is 2.29. The third-order valence-electron chi connectivity index (χ3n) is 5.62. The van der Waals surface area contributed by atoms with Crippen molar-refractivity contribution in [1.29, 1.82) is 0 Å². The summed E-state index contributed by atoms with van der Waals surface area (Å²) in [6.45, 7) is 6.79. The van der Waals surface area contributed by atoms with E-state index < -0.39 is 10.0 Å². The van der Waals surface area contributed by atoms with Crippen molar-refractivity contribution >= 4 is 27.6 Å². The van der Waals surface area contributed by atoms with Gasteiger partial charge in [-0.1, -0.05) is 38.3 Å². The number of hydrogen-bond acceptors (Lipinski definition) is 5. The molecular formula is C18H27ClN4O2S. The number of guanidine groups is 1. The topological polar surface area (TPSA) is 73.8 Å². The number of nitrogens with zero attached hydrogens (tertiary/aromatic N) is 2. The van der Waals surface area contributed by atoms with Gasteiger partial charge in [0.15, 0.2) is 0 Å². The van der Waals surface area contributed by atoms with Crippen LogP contribution in [0.1, 0.15) is 33.1 Å². The fraction of sp³-hybridized carbons (Fsp3) is 0.611. The Morgan fingerprint density at radius 2 is 2.00 bits per heavy atom. The van der Waals surface area contributed by atoms with E-state index in [-0.39, 0.29) is 4.90 Å². The second kappa shape index (κ2) is 8.15. The van der Waals surface area contributed by atoms with Crippen LogP contribution in [0.5, 0.6) is 0 Å². The van der Waals surface area contributed by atoms with Gasteiger partial charge in [0.25, 0.3) is 10.0 Å². The Morgan fingerprint density at radius 1 is 1.27 bits per heavy atom. The summed E-state index contributed by atoms with van der Waals surface area (Å²) in [5, 5.41) is 3.58. The van der Waals surface area contributed by atoms with Crippen molar-refractivity contribution in [3.63, 3.8) is 0 Å². The smallest absolute Gasteiger partial charge is 0.264 e. The van der Waals surface area contributed by atoms with Crippen LogP contribution in [0.15, 0.2) is 34.2 Å². The van der Waals surface area contributed by atoms with Gasteiger partial charge in [0.1, 0.15) is 0 Å². The third kappa shape index (κ3) is 4.69. The van der Waals surface area contributed by atoms with Crippen molar-refractivity contribution in [3.8, 4) is 0 Å². The first-order chi connectivity index (χ1) is 12.3. The standard InChI is InChI=1S/C18H27ClN4O2S/c1-13-4-3-5-15(14(13)2)10-23-11-20-18(21-12-23)22-26(24,25)17-8-6-16(19)7-9-17/h6-9,13-15H,3-5,10-12H2,1-2H3,(H2,20,21,22)/t13-,14+,15+/m1/s1. The van der Waals surface area contributed by atoms with Gasteiger partial charge in [0, 0.05) is 11.6 Å². The van der Waals surface area contributed by atoms with Crippen LogP contribution in [0.2, 0.25) is 5.02 Å². The predicted molar refractivity (Wildman–Crippen MR) is 104 cm³/mol. The molecule has 0 radical (unpaired) electrons. The Morgan fingerprint density at radius 3 is 2.65 bits per heavy atom. The maximum absolute atomic E-state index is 12.4. The van der Waals surface area contributed by atoms with E-state index in [2.05, 4.69) is 33.8 Å². The van der Waals surface area contributed by atoms with E-state index in [1.807, 2.05) is 0 Å². The molecule has 3 rings (SSSR count). The van der Waals surface area contributed by atoms with E-state index in [0.717, 1.165) is 18.4 Å². The molecule has 0 bridgehead atoms. The number of benzene rings is 1. The monoisotopic (exact) mass is 398 g/mol. The Labute approximate surface area is 161 Å². The lowest BCUT2D eigenvalue weighted by Gasteiger charge is -2.38. The van der Waals surface area contributed by atoms with Crippen LogP contribution in [0.4, 0.5) is 0 Å². The summed E-state index contributed by atoms with van der Waals surface area (Å²) in [4.78, 5) is 6.76. The molecule has 1 aliphatic heterocycles. The van der Waals surface area contributed by atoms with E-state index >= 15 is 0 Å². The first-order valence-corrected chi connectivity index (χ1v) is 11.0. The quantitative estimate of drug-likeness (QED) is 0.817. The molecule has 1 aromatic carbocycles. The van der Waals surface area contributed by atoms with Gasteiger partial charge >= 0.3 is 0 Å². The molecule has 1 saturated carbocycles. The molecule has 6 nitrogen and oxygen atoms in total. The summed E-state index contributed by atoms with van der Waals surface area (Å²) in [6.07, 6.45) is 3.89. The predicted octanol–water partition coefficient (Wildman–Crippen LogP) is 2.87. The number of halogens is 1. The highest BCUT2D eigenvalue weighted by atomic mass is 35.5. The van der Waals surface area contributed by atoms with Crippen LogP contribution in [-0.4, -0.2) is 39.2 Å². The second-order valence-corrected chi connectivity index (χ2v) is 9.54. The van der Waals surface area contributed by atoms with Crippen LogP contribution in [0.25, 0.3) is 0 Å². The number of sulfonamides is 1. The van der Waals surface area contributed by atoms with Crippen LogP contribution in [0, 0.1) is 17.8 Å². The Hall–Kier alpha value is -1.31. The first kappa shape index (κ1) is 19.5. The normalized spacial score (nSPS) is 27.5. The average molecular weight is 399 g/mol. The van der Waals surface area contributed by atoms with Gasteiger partial charge in [-0.2, -0.15) is 0 Å². The summed E-state index contributed by atoms with van der Waals surface area (Å²) >= 11 is 5.81. The molecule has 0 saturated heterocycles. The molecule has 1 aromatic rings. The fourth-order valence-corrected chi connectivity index (χ4v) is 4.86. The lowest BCUT2D eigenvalue weighted by Crippen LogP contribution is -2.51. The van der Waals surface area contributed by atoms with E-state index in [4.69, 9.17) is 11.6 Å². The van der Waals surface area contributed by atoms with E-state index in [0.29, 0.717) is 30.2 Å². The maximum atomic E-state index is 12.4. The van der Waals surface area contributed by atoms with Gasteiger partial charge in [-0.25, -0.2) is 18.1 Å². The third-order valence-corrected chi connectivity index (χ3v) is 7.23. The number of rotatable bonds is 4. The SMILES string of the molecule is C[C@@H]1[C@H](CN2CN=C(NS(=O)(=O)c3ccc(Cl)cc3)NC2)CCC[C@H]1C. The zero-order chi connectivity index (χ0) is 18.7. The molecule has 26 heavy (non-hydrogen) atoms. The lowest BCUT2D eigenvalue weighted by atomic mass is 9.74. The summed E-state index contributed by atoms with van der Waals surface area (Å²) in [7, 11) is -3.66. The second-order valence-electron chi connectivity index (χ2n) is 7.42. The molecule has 0 amide bonds. The van der Waals surface area contributed by atoms with Gasteiger partial charge in [0.05, 0.1) is 18.2 Å². The fourth-order valence-electron chi connectivity index (χ4n) is 3.74. The van der Waals surface area contributed by atoms with Crippen molar-refractivity contribution in [2.75, 3.05) is 19.9 Å². The van der Waals surface area contributed by atoms with Crippen molar-refractivity contribution in [3.05, 3.63) is 29.3 Å². The molecule has 1 aliphatic carbocycles. The minimum atomic E-state index is -3.66. The van der Waals surface area contributed by atoms with Gasteiger partial charge in [0.2, 0.25) is 5.96 Å². The summed E-state index contributed by atoms with van der Waals surface area (Å²) in [5.41, 5.74) is 0. The van der Waals surface area contributed by atoms with Crippen LogP contribution < -0.4 is 10.0 Å². The molecule has 3 atom stereocenters. The van der Waals surface area contributed by atoms with Crippen molar-refractivity contribution in [1.82, 2.24) is 14.9 Å². The summed E-state index contributed by atoms with van der Waals surface area (Å²) < 4.78 is 27.3. The zero-order valence-electron chi connectivity index (χ0n) is 15.3. The zero-order valence-corrected chi connectivity index (χ0v) is 16.9. The molecule has 0 unspecified atom stereocenters. The van der Waals surface area contributed by atoms with Crippen LogP contribution in [-0.2, 0) is 10.0 Å². The van der Waals surface area contributed by atoms with Crippen molar-refractivity contribution in [2.24, 2.45) is 22.7 Å². The number of hydrogen-bond donors (Lipinski definition) is 2. The molecule has 144 valence electrons. The van der Waals surface area contributed by atoms with Crippen molar-refractivity contribution in [2.45, 2.75) is 38.0 Å². The summed E-state index contributed by atoms with van der Waals surface area (Å²) in [6, 6.07) is 6.07. The molecule has 2 N–H and O–H groups in total. The van der Waals surface area contributed by atoms with Gasteiger partial charge in [-0.3, -0.25) is 4.90 Å². The number of nitrogens with one attached hydrogen (secondary N) is 2. The minimum Gasteiger partial charge on any atom is -0.343 e. The minimum absolute atomic E-state index is 0.166. The van der Waals surface area contributed by atoms with Crippen LogP contribution in [0.3, 0.4) is 0 Å². The van der Waals surface area contributed by atoms with Crippen LogP contribution >= 0.6 is 11.6 Å². The van der Waals surface area contributed by atoms with Gasteiger partial charge in [-0.05, 0) is 48.4 Å². The first-order valence-electron chi connectivity index (χ1n) is 9.14. The average Bonchev–Trinajstić information content (AvgIpc) is 2.61. The Kier molecular flexibility index (Phi) is 6.10. The van der Waals surface area contributed by atoms with E-state index in [9.17, 15) is 8.42 Å². The highest BCUT2D eigenvalue weighted by molar-refractivity contribution is 7.90. The number of aliphatic imine (C=N–C) groups is 1. The van der Waals surface area contributed by atoms with Gasteiger partial charge < -0.3 is 5.32 Å². The Bertz CT molecular complexity index is 751. The summed E-state index contributed by atoms with van der Waals surface area (Å²) in [5.74, 6) is 2.47. The molecule has 8 heteroatoms. The maximum Gasteiger partial charge on any atom is 0.264 e. The molecule has 1 heterocycles. The van der Waals surface area contributed by atoms with Gasteiger partial charge in [-0.15, -0.1) is 0 Å². The molecule has 0 aromatic heterocycles. The van der Waals surface area contributed by atoms with Crippen molar-refractivity contribution < 1.29 is 8.42 Å². The molecular weight excluding hydrogens is 372 g/mol. The largest absolute Gasteiger partial charge is 0.343 e. The lowest BCUT2D eigenvalue weighted by molar-refractivity contribution is 0.121.